The van der Waals surface area contributed by atoms with E-state index < -0.39 is 12.0 Å². The number of nitrogens with zero attached hydrogens (tertiary/aromatic N) is 2. The SMILES string of the molecule is CCCC(O)(Cn1ccnc1)c1cc(Cl)ccc1OC(F)Cc1ccccc1. The van der Waals surface area contributed by atoms with Crippen molar-refractivity contribution in [1.29, 1.82) is 0 Å². The highest BCUT2D eigenvalue weighted by Gasteiger charge is 2.33. The lowest BCUT2D eigenvalue weighted by atomic mass is 9.88. The molecule has 0 saturated heterocycles. The molecule has 3 aromatic rings. The van der Waals surface area contributed by atoms with Crippen molar-refractivity contribution in [3.8, 4) is 5.75 Å². The highest BCUT2D eigenvalue weighted by atomic mass is 35.5. The standard InChI is InChI=1S/C22H24ClFN2O2/c1-2-10-22(27,15-26-12-11-25-16-26)19-14-18(23)8-9-20(19)28-21(24)13-17-6-4-3-5-7-17/h3-9,11-12,14,16,21,27H,2,10,13,15H2,1H3. The molecule has 6 heteroatoms. The third-order valence-electron chi connectivity index (χ3n) is 4.60. The number of rotatable bonds is 9. The molecule has 0 aliphatic heterocycles. The van der Waals surface area contributed by atoms with Gasteiger partial charge in [0.25, 0.3) is 0 Å². The minimum atomic E-state index is -1.54. The van der Waals surface area contributed by atoms with Gasteiger partial charge in [-0.2, -0.15) is 0 Å². The Morgan fingerprint density at radius 1 is 1.25 bits per heavy atom. The smallest absolute Gasteiger partial charge is 0.242 e. The highest BCUT2D eigenvalue weighted by Crippen LogP contribution is 2.37. The maximum Gasteiger partial charge on any atom is 0.242 e. The fourth-order valence-corrected chi connectivity index (χ4v) is 3.51. The molecule has 28 heavy (non-hydrogen) atoms. The van der Waals surface area contributed by atoms with Crippen LogP contribution in [-0.2, 0) is 18.6 Å². The van der Waals surface area contributed by atoms with Crippen molar-refractivity contribution in [2.24, 2.45) is 0 Å². The Balaban J connectivity index is 1.87. The lowest BCUT2D eigenvalue weighted by Gasteiger charge is -2.31. The first kappa shape index (κ1) is 20.4. The van der Waals surface area contributed by atoms with Crippen molar-refractivity contribution in [3.63, 3.8) is 0 Å². The van der Waals surface area contributed by atoms with Crippen LogP contribution >= 0.6 is 11.6 Å². The summed E-state index contributed by atoms with van der Waals surface area (Å²) < 4.78 is 22.0. The van der Waals surface area contributed by atoms with E-state index in [0.29, 0.717) is 22.8 Å². The summed E-state index contributed by atoms with van der Waals surface area (Å²) in [5, 5.41) is 11.9. The van der Waals surface area contributed by atoms with Crippen LogP contribution in [0.5, 0.6) is 5.75 Å². The van der Waals surface area contributed by atoms with E-state index in [2.05, 4.69) is 4.98 Å². The Morgan fingerprint density at radius 2 is 2.04 bits per heavy atom. The zero-order valence-corrected chi connectivity index (χ0v) is 16.5. The highest BCUT2D eigenvalue weighted by molar-refractivity contribution is 6.30. The van der Waals surface area contributed by atoms with Gasteiger partial charge in [0, 0.05) is 29.4 Å². The molecule has 1 N–H and O–H groups in total. The van der Waals surface area contributed by atoms with Gasteiger partial charge in [0.1, 0.15) is 11.4 Å². The Kier molecular flexibility index (Phi) is 6.70. The zero-order valence-electron chi connectivity index (χ0n) is 15.8. The molecule has 0 spiro atoms. The maximum absolute atomic E-state index is 14.7. The Hall–Kier alpha value is -2.37. The molecule has 0 saturated carbocycles. The lowest BCUT2D eigenvalue weighted by Crippen LogP contribution is -2.32. The molecule has 0 fully saturated rings. The van der Waals surface area contributed by atoms with E-state index in [1.165, 1.54) is 0 Å². The van der Waals surface area contributed by atoms with Crippen LogP contribution in [-0.4, -0.2) is 21.0 Å². The van der Waals surface area contributed by atoms with Crippen LogP contribution < -0.4 is 4.74 Å². The van der Waals surface area contributed by atoms with Crippen molar-refractivity contribution in [3.05, 3.63) is 83.4 Å². The first-order valence-corrected chi connectivity index (χ1v) is 9.71. The lowest BCUT2D eigenvalue weighted by molar-refractivity contribution is 0.000261. The second kappa shape index (κ2) is 9.22. The van der Waals surface area contributed by atoms with Gasteiger partial charge in [-0.3, -0.25) is 0 Å². The molecule has 0 amide bonds. The van der Waals surface area contributed by atoms with E-state index in [1.54, 1.807) is 41.5 Å². The number of ether oxygens (including phenoxy) is 1. The molecule has 4 nitrogen and oxygen atoms in total. The van der Waals surface area contributed by atoms with Gasteiger partial charge < -0.3 is 14.4 Å². The molecule has 0 aliphatic rings. The van der Waals surface area contributed by atoms with E-state index in [1.807, 2.05) is 37.3 Å². The van der Waals surface area contributed by atoms with Crippen LogP contribution in [0.15, 0.2) is 67.3 Å². The number of imidazole rings is 1. The first-order chi connectivity index (χ1) is 13.5. The normalized spacial score (nSPS) is 14.4. The topological polar surface area (TPSA) is 47.3 Å². The largest absolute Gasteiger partial charge is 0.460 e. The number of halogens is 2. The van der Waals surface area contributed by atoms with Crippen molar-refractivity contribution in [1.82, 2.24) is 9.55 Å². The van der Waals surface area contributed by atoms with Gasteiger partial charge in [-0.25, -0.2) is 9.37 Å². The van der Waals surface area contributed by atoms with Gasteiger partial charge in [0.05, 0.1) is 12.9 Å². The first-order valence-electron chi connectivity index (χ1n) is 9.33. The number of aromatic nitrogens is 2. The number of aliphatic hydroxyl groups is 1. The third kappa shape index (κ3) is 5.12. The summed E-state index contributed by atoms with van der Waals surface area (Å²) >= 11 is 6.19. The summed E-state index contributed by atoms with van der Waals surface area (Å²) in [7, 11) is 0. The summed E-state index contributed by atoms with van der Waals surface area (Å²) in [5.41, 5.74) is 0.0568. The Bertz CT molecular complexity index is 874. The van der Waals surface area contributed by atoms with Crippen molar-refractivity contribution < 1.29 is 14.2 Å². The van der Waals surface area contributed by atoms with Gasteiger partial charge >= 0.3 is 0 Å². The van der Waals surface area contributed by atoms with E-state index in [9.17, 15) is 9.50 Å². The maximum atomic E-state index is 14.7. The fraction of sp³-hybridized carbons (Fsp3) is 0.318. The summed E-state index contributed by atoms with van der Waals surface area (Å²) in [4.78, 5) is 4.03. The summed E-state index contributed by atoms with van der Waals surface area (Å²) in [6.07, 6.45) is 4.85. The molecule has 1 heterocycles. The molecule has 2 aromatic carbocycles. The quantitative estimate of drug-likeness (QED) is 0.539. The van der Waals surface area contributed by atoms with Gasteiger partial charge in [0.2, 0.25) is 6.36 Å². The molecule has 2 atom stereocenters. The molecule has 0 aliphatic carbocycles. The van der Waals surface area contributed by atoms with Gasteiger partial charge in [-0.15, -0.1) is 0 Å². The molecule has 2 unspecified atom stereocenters. The average Bonchev–Trinajstić information content (AvgIpc) is 3.17. The van der Waals surface area contributed by atoms with E-state index >= 15 is 0 Å². The zero-order chi connectivity index (χ0) is 20.0. The molecular formula is C22H24ClFN2O2. The molecule has 148 valence electrons. The average molecular weight is 403 g/mol. The van der Waals surface area contributed by atoms with E-state index in [0.717, 1.165) is 12.0 Å². The third-order valence-corrected chi connectivity index (χ3v) is 4.84. The van der Waals surface area contributed by atoms with Crippen LogP contribution in [0, 0.1) is 0 Å². The molecular weight excluding hydrogens is 379 g/mol. The second-order valence-electron chi connectivity index (χ2n) is 6.87. The molecule has 0 bridgehead atoms. The Morgan fingerprint density at radius 3 is 2.71 bits per heavy atom. The Labute approximate surface area is 169 Å². The predicted molar refractivity (Wildman–Crippen MR) is 108 cm³/mol. The summed E-state index contributed by atoms with van der Waals surface area (Å²) in [6, 6.07) is 14.2. The number of benzene rings is 2. The van der Waals surface area contributed by atoms with Crippen molar-refractivity contribution in [2.45, 2.75) is 44.7 Å². The van der Waals surface area contributed by atoms with Crippen molar-refractivity contribution in [2.75, 3.05) is 0 Å². The molecule has 1 aromatic heterocycles. The van der Waals surface area contributed by atoms with Crippen LogP contribution in [0.3, 0.4) is 0 Å². The summed E-state index contributed by atoms with van der Waals surface area (Å²) in [5.74, 6) is 0.295. The fourth-order valence-electron chi connectivity index (χ4n) is 3.34. The van der Waals surface area contributed by atoms with Gasteiger partial charge in [-0.1, -0.05) is 55.3 Å². The minimum Gasteiger partial charge on any atom is -0.460 e. The van der Waals surface area contributed by atoms with Crippen LogP contribution in [0.4, 0.5) is 4.39 Å². The van der Waals surface area contributed by atoms with E-state index in [-0.39, 0.29) is 13.0 Å². The van der Waals surface area contributed by atoms with Crippen LogP contribution in [0.1, 0.15) is 30.9 Å². The van der Waals surface area contributed by atoms with Crippen LogP contribution in [0.25, 0.3) is 0 Å². The number of hydrogen-bond acceptors (Lipinski definition) is 3. The second-order valence-corrected chi connectivity index (χ2v) is 7.31. The number of alkyl halides is 1. The minimum absolute atomic E-state index is 0.122. The monoisotopic (exact) mass is 402 g/mol. The molecule has 3 rings (SSSR count). The summed E-state index contributed by atoms with van der Waals surface area (Å²) in [6.45, 7) is 2.25. The van der Waals surface area contributed by atoms with E-state index in [4.69, 9.17) is 16.3 Å². The van der Waals surface area contributed by atoms with Gasteiger partial charge in [-0.05, 0) is 30.2 Å². The number of hydrogen-bond donors (Lipinski definition) is 1. The van der Waals surface area contributed by atoms with Crippen LogP contribution in [0.2, 0.25) is 5.02 Å². The van der Waals surface area contributed by atoms with Gasteiger partial charge in [0.15, 0.2) is 0 Å². The van der Waals surface area contributed by atoms with Crippen molar-refractivity contribution >= 4 is 11.6 Å². The molecule has 0 radical (unpaired) electrons. The predicted octanol–water partition coefficient (Wildman–Crippen LogP) is 5.14.